The Morgan fingerprint density at radius 2 is 2.18 bits per heavy atom. The summed E-state index contributed by atoms with van der Waals surface area (Å²) >= 11 is 5.58. The fraction of sp³-hybridized carbons (Fsp3) is 0.625. The van der Waals surface area contributed by atoms with Gasteiger partial charge in [0.05, 0.1) is 28.8 Å². The molecule has 1 rings (SSSR count). The minimum absolute atomic E-state index is 0.0497. The smallest absolute Gasteiger partial charge is 0.358 e. The van der Waals surface area contributed by atoms with E-state index in [4.69, 9.17) is 11.6 Å². The van der Waals surface area contributed by atoms with E-state index in [1.807, 2.05) is 0 Å². The normalized spacial score (nSPS) is 12.0. The van der Waals surface area contributed by atoms with Crippen LogP contribution in [0.3, 0.4) is 0 Å². The molecule has 0 radical (unpaired) electrons. The van der Waals surface area contributed by atoms with Crippen LogP contribution in [0, 0.1) is 10.1 Å². The van der Waals surface area contributed by atoms with E-state index in [0.717, 1.165) is 0 Å². The number of nitrogens with zero attached hydrogens (tertiary/aromatic N) is 3. The molecule has 0 saturated heterocycles. The Bertz CT molecular complexity index is 523. The molecule has 0 amide bonds. The second-order valence-electron chi connectivity index (χ2n) is 3.74. The highest BCUT2D eigenvalue weighted by Crippen LogP contribution is 2.21. The van der Waals surface area contributed by atoms with Gasteiger partial charge in [0.15, 0.2) is 14.9 Å². The molecule has 0 saturated carbocycles. The van der Waals surface area contributed by atoms with Crippen molar-refractivity contribution in [2.75, 3.05) is 5.75 Å². The van der Waals surface area contributed by atoms with Gasteiger partial charge in [-0.25, -0.2) is 8.42 Å². The van der Waals surface area contributed by atoms with E-state index in [1.165, 1.54) is 10.9 Å². The third-order valence-electron chi connectivity index (χ3n) is 2.20. The summed E-state index contributed by atoms with van der Waals surface area (Å²) < 4.78 is 24.2. The largest absolute Gasteiger partial charge is 0.408 e. The van der Waals surface area contributed by atoms with Gasteiger partial charge in [-0.15, -0.1) is 0 Å². The van der Waals surface area contributed by atoms with Gasteiger partial charge in [-0.1, -0.05) is 11.6 Å². The maximum absolute atomic E-state index is 11.5. The van der Waals surface area contributed by atoms with Gasteiger partial charge in [-0.3, -0.25) is 0 Å². The van der Waals surface area contributed by atoms with Crippen molar-refractivity contribution in [2.45, 2.75) is 25.6 Å². The van der Waals surface area contributed by atoms with Crippen molar-refractivity contribution in [1.29, 1.82) is 0 Å². The maximum Gasteiger partial charge on any atom is 0.408 e. The van der Waals surface area contributed by atoms with E-state index in [1.54, 1.807) is 13.8 Å². The molecule has 0 atom stereocenters. The fourth-order valence-corrected chi connectivity index (χ4v) is 2.21. The summed E-state index contributed by atoms with van der Waals surface area (Å²) in [6, 6.07) is 0. The Morgan fingerprint density at radius 3 is 2.59 bits per heavy atom. The summed E-state index contributed by atoms with van der Waals surface area (Å²) in [7, 11) is -3.19. The molecule has 96 valence electrons. The number of hydrogen-bond donors (Lipinski definition) is 0. The summed E-state index contributed by atoms with van der Waals surface area (Å²) in [6.07, 6.45) is 1.25. The molecule has 0 aliphatic carbocycles. The van der Waals surface area contributed by atoms with E-state index >= 15 is 0 Å². The second kappa shape index (κ2) is 5.01. The molecule has 1 aromatic heterocycles. The standard InChI is InChI=1S/C8H12ClN3O4S/c1-6(2)17(15,16)4-3-11-5-7(9)8(10-11)12(13)14/h5-6H,3-4H2,1-2H3. The highest BCUT2D eigenvalue weighted by atomic mass is 35.5. The van der Waals surface area contributed by atoms with Crippen LogP contribution >= 0.6 is 11.6 Å². The number of sulfone groups is 1. The molecule has 0 bridgehead atoms. The van der Waals surface area contributed by atoms with Crippen molar-refractivity contribution >= 4 is 27.3 Å². The third-order valence-corrected chi connectivity index (χ3v) is 4.65. The fourth-order valence-electron chi connectivity index (χ4n) is 1.08. The van der Waals surface area contributed by atoms with E-state index in [0.29, 0.717) is 0 Å². The maximum atomic E-state index is 11.5. The van der Waals surface area contributed by atoms with Crippen LogP contribution in [0.1, 0.15) is 13.8 Å². The zero-order valence-electron chi connectivity index (χ0n) is 9.33. The molecule has 0 unspecified atom stereocenters. The molecule has 0 fully saturated rings. The van der Waals surface area contributed by atoms with E-state index in [-0.39, 0.29) is 17.3 Å². The molecule has 0 aliphatic rings. The molecule has 17 heavy (non-hydrogen) atoms. The van der Waals surface area contributed by atoms with Crippen molar-refractivity contribution in [1.82, 2.24) is 9.78 Å². The third kappa shape index (κ3) is 3.40. The van der Waals surface area contributed by atoms with Gasteiger partial charge >= 0.3 is 5.82 Å². The molecule has 0 aliphatic heterocycles. The second-order valence-corrected chi connectivity index (χ2v) is 6.82. The predicted octanol–water partition coefficient (Wildman–Crippen LogP) is 1.27. The van der Waals surface area contributed by atoms with Gasteiger partial charge in [0.2, 0.25) is 0 Å². The first-order valence-corrected chi connectivity index (χ1v) is 6.92. The molecule has 7 nitrogen and oxygen atoms in total. The highest BCUT2D eigenvalue weighted by Gasteiger charge is 2.21. The Kier molecular flexibility index (Phi) is 4.10. The molecule has 0 spiro atoms. The molecule has 0 aromatic carbocycles. The Hall–Kier alpha value is -1.15. The minimum atomic E-state index is -3.19. The minimum Gasteiger partial charge on any atom is -0.358 e. The topological polar surface area (TPSA) is 95.1 Å². The summed E-state index contributed by atoms with van der Waals surface area (Å²) in [6.45, 7) is 3.20. The summed E-state index contributed by atoms with van der Waals surface area (Å²) in [4.78, 5) is 9.76. The van der Waals surface area contributed by atoms with Crippen LogP contribution in [0.4, 0.5) is 5.82 Å². The lowest BCUT2D eigenvalue weighted by Gasteiger charge is -2.05. The van der Waals surface area contributed by atoms with Gasteiger partial charge in [-0.05, 0) is 18.8 Å². The SMILES string of the molecule is CC(C)S(=O)(=O)CCn1cc(Cl)c([N+](=O)[O-])n1. The average Bonchev–Trinajstić information content (AvgIpc) is 2.57. The van der Waals surface area contributed by atoms with Crippen LogP contribution in [-0.4, -0.2) is 34.1 Å². The molecule has 1 aromatic rings. The first kappa shape index (κ1) is 13.9. The zero-order chi connectivity index (χ0) is 13.2. The molecule has 1 heterocycles. The predicted molar refractivity (Wildman–Crippen MR) is 62.8 cm³/mol. The lowest BCUT2D eigenvalue weighted by Crippen LogP contribution is -2.21. The summed E-state index contributed by atoms with van der Waals surface area (Å²) in [5.41, 5.74) is 0. The lowest BCUT2D eigenvalue weighted by molar-refractivity contribution is -0.389. The van der Waals surface area contributed by atoms with Gasteiger partial charge in [0.25, 0.3) is 0 Å². The number of aryl methyl sites for hydroxylation is 1. The van der Waals surface area contributed by atoms with E-state index in [9.17, 15) is 18.5 Å². The quantitative estimate of drug-likeness (QED) is 0.598. The van der Waals surface area contributed by atoms with Crippen LogP contribution in [0.5, 0.6) is 0 Å². The van der Waals surface area contributed by atoms with Crippen molar-refractivity contribution in [3.8, 4) is 0 Å². The van der Waals surface area contributed by atoms with Crippen LogP contribution in [0.25, 0.3) is 0 Å². The van der Waals surface area contributed by atoms with Crippen LogP contribution in [-0.2, 0) is 16.4 Å². The first-order chi connectivity index (χ1) is 7.74. The van der Waals surface area contributed by atoms with Gasteiger partial charge in [-0.2, -0.15) is 4.68 Å². The highest BCUT2D eigenvalue weighted by molar-refractivity contribution is 7.91. The number of aromatic nitrogens is 2. The molecular formula is C8H12ClN3O4S. The van der Waals surface area contributed by atoms with Crippen molar-refractivity contribution in [2.24, 2.45) is 0 Å². The van der Waals surface area contributed by atoms with Gasteiger partial charge in [0.1, 0.15) is 0 Å². The van der Waals surface area contributed by atoms with E-state index in [2.05, 4.69) is 5.10 Å². The van der Waals surface area contributed by atoms with Crippen molar-refractivity contribution in [3.05, 3.63) is 21.3 Å². The molecular weight excluding hydrogens is 270 g/mol. The van der Waals surface area contributed by atoms with Crippen LogP contribution in [0.15, 0.2) is 6.20 Å². The molecule has 9 heteroatoms. The van der Waals surface area contributed by atoms with Gasteiger partial charge in [0, 0.05) is 0 Å². The Balaban J connectivity index is 2.78. The average molecular weight is 282 g/mol. The Morgan fingerprint density at radius 1 is 1.59 bits per heavy atom. The number of hydrogen-bond acceptors (Lipinski definition) is 5. The van der Waals surface area contributed by atoms with Crippen LogP contribution in [0.2, 0.25) is 5.02 Å². The van der Waals surface area contributed by atoms with Gasteiger partial charge < -0.3 is 10.1 Å². The molecule has 0 N–H and O–H groups in total. The first-order valence-electron chi connectivity index (χ1n) is 4.83. The Labute approximate surface area is 103 Å². The van der Waals surface area contributed by atoms with Crippen LogP contribution < -0.4 is 0 Å². The van der Waals surface area contributed by atoms with Crippen molar-refractivity contribution in [3.63, 3.8) is 0 Å². The van der Waals surface area contributed by atoms with E-state index < -0.39 is 25.8 Å². The monoisotopic (exact) mass is 281 g/mol. The lowest BCUT2D eigenvalue weighted by atomic mass is 10.6. The summed E-state index contributed by atoms with van der Waals surface area (Å²) in [5, 5.41) is 13.5. The van der Waals surface area contributed by atoms with Crippen molar-refractivity contribution < 1.29 is 13.3 Å². The number of nitro groups is 1. The number of rotatable bonds is 5. The summed E-state index contributed by atoms with van der Waals surface area (Å²) in [5.74, 6) is -0.589. The number of halogens is 1. The zero-order valence-corrected chi connectivity index (χ0v) is 10.9.